The molecule has 0 aromatic carbocycles. The molecule has 12 heavy (non-hydrogen) atoms. The lowest BCUT2D eigenvalue weighted by atomic mass is 10.3. The number of hydrogen-bond donors (Lipinski definition) is 0. The van der Waals surface area contributed by atoms with E-state index in [-0.39, 0.29) is 0 Å². The van der Waals surface area contributed by atoms with Gasteiger partial charge in [0.2, 0.25) is 0 Å². The second-order valence-electron chi connectivity index (χ2n) is 2.79. The van der Waals surface area contributed by atoms with Gasteiger partial charge in [-0.2, -0.15) is 0 Å². The zero-order valence-electron chi connectivity index (χ0n) is 6.87. The van der Waals surface area contributed by atoms with E-state index in [1.54, 1.807) is 0 Å². The van der Waals surface area contributed by atoms with Crippen molar-refractivity contribution in [3.63, 3.8) is 0 Å². The first-order valence-corrected chi connectivity index (χ1v) is 4.00. The predicted molar refractivity (Wildman–Crippen MR) is 48.3 cm³/mol. The van der Waals surface area contributed by atoms with Crippen molar-refractivity contribution in [3.8, 4) is 0 Å². The number of halogens is 1. The van der Waals surface area contributed by atoms with E-state index in [1.807, 2.05) is 24.7 Å². The lowest BCUT2D eigenvalue weighted by Crippen LogP contribution is -1.88. The fraction of sp³-hybridized carbons (Fsp3) is 0.250. The van der Waals surface area contributed by atoms with Crippen LogP contribution in [0.2, 0.25) is 5.15 Å². The molecule has 3 nitrogen and oxygen atoms in total. The van der Waals surface area contributed by atoms with Crippen LogP contribution in [0, 0.1) is 6.92 Å². The first-order chi connectivity index (χ1) is 5.70. The number of nitrogens with zero attached hydrogens (tertiary/aromatic N) is 3. The molecular formula is C8H8ClN3. The molecule has 4 heteroatoms. The van der Waals surface area contributed by atoms with Gasteiger partial charge in [0.15, 0.2) is 0 Å². The lowest BCUT2D eigenvalue weighted by molar-refractivity contribution is 0.940. The molecular weight excluding hydrogens is 174 g/mol. The number of aryl methyl sites for hydroxylation is 2. The van der Waals surface area contributed by atoms with E-state index in [0.29, 0.717) is 5.15 Å². The predicted octanol–water partition coefficient (Wildman–Crippen LogP) is 1.93. The van der Waals surface area contributed by atoms with Crippen molar-refractivity contribution in [1.29, 1.82) is 0 Å². The van der Waals surface area contributed by atoms with Crippen LogP contribution < -0.4 is 0 Å². The summed E-state index contributed by atoms with van der Waals surface area (Å²) in [6.07, 6.45) is 3.47. The number of rotatable bonds is 0. The standard InChI is InChI=1S/C8H8ClN3/c1-5-3-12(2)8-6(5)7(9)10-4-11-8/h3-4H,1-2H3. The Kier molecular flexibility index (Phi) is 1.54. The number of hydrogen-bond acceptors (Lipinski definition) is 2. The number of aromatic nitrogens is 3. The molecule has 0 unspecified atom stereocenters. The molecule has 62 valence electrons. The molecule has 2 aromatic rings. The van der Waals surface area contributed by atoms with Crippen LogP contribution in [-0.4, -0.2) is 14.5 Å². The molecule has 0 aliphatic carbocycles. The molecule has 0 aliphatic rings. The molecule has 0 radical (unpaired) electrons. The van der Waals surface area contributed by atoms with E-state index in [0.717, 1.165) is 16.6 Å². The van der Waals surface area contributed by atoms with Gasteiger partial charge in [-0.25, -0.2) is 9.97 Å². The highest BCUT2D eigenvalue weighted by Gasteiger charge is 2.07. The Bertz CT molecular complexity index is 433. The fourth-order valence-electron chi connectivity index (χ4n) is 1.38. The highest BCUT2D eigenvalue weighted by molar-refractivity contribution is 6.34. The Morgan fingerprint density at radius 1 is 1.42 bits per heavy atom. The van der Waals surface area contributed by atoms with Gasteiger partial charge in [0, 0.05) is 13.2 Å². The Balaban J connectivity index is 2.99. The molecule has 0 amide bonds. The summed E-state index contributed by atoms with van der Waals surface area (Å²) < 4.78 is 1.94. The van der Waals surface area contributed by atoms with Crippen molar-refractivity contribution < 1.29 is 0 Å². The van der Waals surface area contributed by atoms with Gasteiger partial charge < -0.3 is 4.57 Å². The van der Waals surface area contributed by atoms with Gasteiger partial charge in [-0.15, -0.1) is 0 Å². The van der Waals surface area contributed by atoms with Gasteiger partial charge in [0.1, 0.15) is 17.1 Å². The van der Waals surface area contributed by atoms with Crippen LogP contribution in [0.25, 0.3) is 11.0 Å². The van der Waals surface area contributed by atoms with Crippen molar-refractivity contribution in [2.24, 2.45) is 7.05 Å². The molecule has 2 heterocycles. The van der Waals surface area contributed by atoms with Gasteiger partial charge in [0.25, 0.3) is 0 Å². The van der Waals surface area contributed by atoms with Crippen LogP contribution in [-0.2, 0) is 7.05 Å². The highest BCUT2D eigenvalue weighted by Crippen LogP contribution is 2.23. The normalized spacial score (nSPS) is 10.9. The Morgan fingerprint density at radius 2 is 2.17 bits per heavy atom. The van der Waals surface area contributed by atoms with Crippen LogP contribution in [0.1, 0.15) is 5.56 Å². The van der Waals surface area contributed by atoms with Crippen LogP contribution >= 0.6 is 11.6 Å². The Hall–Kier alpha value is -1.09. The topological polar surface area (TPSA) is 30.7 Å². The van der Waals surface area contributed by atoms with Crippen LogP contribution in [0.15, 0.2) is 12.5 Å². The lowest BCUT2D eigenvalue weighted by Gasteiger charge is -1.94. The Morgan fingerprint density at radius 3 is 2.83 bits per heavy atom. The zero-order chi connectivity index (χ0) is 8.72. The molecule has 2 rings (SSSR count). The van der Waals surface area contributed by atoms with E-state index in [4.69, 9.17) is 11.6 Å². The second kappa shape index (κ2) is 2.45. The van der Waals surface area contributed by atoms with Crippen molar-refractivity contribution >= 4 is 22.6 Å². The maximum absolute atomic E-state index is 5.91. The molecule has 2 aromatic heterocycles. The maximum Gasteiger partial charge on any atom is 0.144 e. The van der Waals surface area contributed by atoms with Gasteiger partial charge in [-0.1, -0.05) is 11.6 Å². The third-order valence-corrected chi connectivity index (χ3v) is 2.18. The first kappa shape index (κ1) is 7.55. The zero-order valence-corrected chi connectivity index (χ0v) is 7.63. The summed E-state index contributed by atoms with van der Waals surface area (Å²) in [6, 6.07) is 0. The largest absolute Gasteiger partial charge is 0.335 e. The van der Waals surface area contributed by atoms with Crippen molar-refractivity contribution in [1.82, 2.24) is 14.5 Å². The van der Waals surface area contributed by atoms with Gasteiger partial charge in [-0.3, -0.25) is 0 Å². The average molecular weight is 182 g/mol. The van der Waals surface area contributed by atoms with Gasteiger partial charge >= 0.3 is 0 Å². The molecule has 0 fully saturated rings. The van der Waals surface area contributed by atoms with E-state index < -0.39 is 0 Å². The summed E-state index contributed by atoms with van der Waals surface area (Å²) >= 11 is 5.91. The maximum atomic E-state index is 5.91. The quantitative estimate of drug-likeness (QED) is 0.582. The van der Waals surface area contributed by atoms with Crippen molar-refractivity contribution in [3.05, 3.63) is 23.2 Å². The van der Waals surface area contributed by atoms with E-state index in [1.165, 1.54) is 6.33 Å². The van der Waals surface area contributed by atoms with Crippen LogP contribution in [0.5, 0.6) is 0 Å². The van der Waals surface area contributed by atoms with E-state index >= 15 is 0 Å². The summed E-state index contributed by atoms with van der Waals surface area (Å²) in [5, 5.41) is 1.47. The summed E-state index contributed by atoms with van der Waals surface area (Å²) in [7, 11) is 1.94. The minimum Gasteiger partial charge on any atom is -0.335 e. The molecule has 0 saturated heterocycles. The summed E-state index contributed by atoms with van der Waals surface area (Å²) in [5.41, 5.74) is 1.99. The van der Waals surface area contributed by atoms with Crippen LogP contribution in [0.4, 0.5) is 0 Å². The molecule has 0 saturated carbocycles. The Labute approximate surface area is 75.0 Å². The first-order valence-electron chi connectivity index (χ1n) is 3.62. The summed E-state index contributed by atoms with van der Waals surface area (Å²) in [5.74, 6) is 0. The SMILES string of the molecule is Cc1cn(C)c2ncnc(Cl)c12. The fourth-order valence-corrected chi connectivity index (χ4v) is 1.66. The van der Waals surface area contributed by atoms with E-state index in [2.05, 4.69) is 9.97 Å². The van der Waals surface area contributed by atoms with Crippen molar-refractivity contribution in [2.45, 2.75) is 6.92 Å². The smallest absolute Gasteiger partial charge is 0.144 e. The van der Waals surface area contributed by atoms with Gasteiger partial charge in [0.05, 0.1) is 5.39 Å². The van der Waals surface area contributed by atoms with Gasteiger partial charge in [-0.05, 0) is 12.5 Å². The highest BCUT2D eigenvalue weighted by atomic mass is 35.5. The minimum absolute atomic E-state index is 0.526. The molecule has 0 N–H and O–H groups in total. The second-order valence-corrected chi connectivity index (χ2v) is 3.14. The summed E-state index contributed by atoms with van der Waals surface area (Å²) in [4.78, 5) is 8.05. The minimum atomic E-state index is 0.526. The average Bonchev–Trinajstić information content (AvgIpc) is 2.29. The molecule has 0 bridgehead atoms. The monoisotopic (exact) mass is 181 g/mol. The summed E-state index contributed by atoms with van der Waals surface area (Å²) in [6.45, 7) is 2.00. The molecule has 0 aliphatic heterocycles. The molecule has 0 atom stereocenters. The molecule has 0 spiro atoms. The third-order valence-electron chi connectivity index (χ3n) is 1.90. The van der Waals surface area contributed by atoms with Crippen molar-refractivity contribution in [2.75, 3.05) is 0 Å². The third kappa shape index (κ3) is 0.898. The van der Waals surface area contributed by atoms with Crippen LogP contribution in [0.3, 0.4) is 0 Å². The number of fused-ring (bicyclic) bond motifs is 1. The van der Waals surface area contributed by atoms with E-state index in [9.17, 15) is 0 Å².